The molecule has 1 aromatic carbocycles. The molecule has 22 heavy (non-hydrogen) atoms. The molecular formula is C15H18N2O4S. The quantitative estimate of drug-likeness (QED) is 0.884. The Morgan fingerprint density at radius 3 is 2.59 bits per heavy atom. The lowest BCUT2D eigenvalue weighted by molar-refractivity contribution is 0.0823. The van der Waals surface area contributed by atoms with Gasteiger partial charge in [-0.05, 0) is 26.0 Å². The lowest BCUT2D eigenvalue weighted by atomic mass is 10.1. The molecule has 0 radical (unpaired) electrons. The second-order valence-electron chi connectivity index (χ2n) is 5.11. The minimum atomic E-state index is -0.988. The van der Waals surface area contributed by atoms with Crippen LogP contribution in [0.25, 0.3) is 0 Å². The van der Waals surface area contributed by atoms with Crippen LogP contribution < -0.4 is 14.8 Å². The Balaban J connectivity index is 2.20. The Kier molecular flexibility index (Phi) is 4.68. The molecule has 0 unspecified atom stereocenters. The molecule has 0 saturated carbocycles. The molecule has 1 heterocycles. The van der Waals surface area contributed by atoms with Gasteiger partial charge in [0.2, 0.25) is 0 Å². The van der Waals surface area contributed by atoms with Crippen LogP contribution in [0, 0.1) is 0 Å². The van der Waals surface area contributed by atoms with Crippen LogP contribution in [-0.2, 0) is 5.60 Å². The molecule has 1 aromatic heterocycles. The van der Waals surface area contributed by atoms with Gasteiger partial charge < -0.3 is 14.6 Å². The van der Waals surface area contributed by atoms with Crippen molar-refractivity contribution in [2.45, 2.75) is 19.4 Å². The van der Waals surface area contributed by atoms with Gasteiger partial charge in [-0.3, -0.25) is 10.1 Å². The normalized spacial score (nSPS) is 11.1. The highest BCUT2D eigenvalue weighted by molar-refractivity contribution is 7.15. The number of anilines is 1. The Morgan fingerprint density at radius 1 is 1.32 bits per heavy atom. The number of hydrogen-bond donors (Lipinski definition) is 2. The average Bonchev–Trinajstić information content (AvgIpc) is 2.95. The lowest BCUT2D eigenvalue weighted by Crippen LogP contribution is -2.13. The van der Waals surface area contributed by atoms with E-state index < -0.39 is 5.60 Å². The number of carbonyl (C=O) groups is 1. The van der Waals surface area contributed by atoms with Gasteiger partial charge >= 0.3 is 0 Å². The highest BCUT2D eigenvalue weighted by atomic mass is 32.1. The summed E-state index contributed by atoms with van der Waals surface area (Å²) >= 11 is 1.23. The molecule has 0 aliphatic rings. The van der Waals surface area contributed by atoms with Crippen molar-refractivity contribution in [2.24, 2.45) is 0 Å². The highest BCUT2D eigenvalue weighted by Gasteiger charge is 2.21. The van der Waals surface area contributed by atoms with E-state index in [1.807, 2.05) is 0 Å². The Morgan fingerprint density at radius 2 is 2.05 bits per heavy atom. The Hall–Kier alpha value is -2.12. The maximum absolute atomic E-state index is 12.3. The van der Waals surface area contributed by atoms with Crippen LogP contribution in [0.4, 0.5) is 5.13 Å². The van der Waals surface area contributed by atoms with Crippen LogP contribution in [-0.4, -0.2) is 30.2 Å². The van der Waals surface area contributed by atoms with Crippen LogP contribution in [0.5, 0.6) is 11.5 Å². The number of hydrogen-bond acceptors (Lipinski definition) is 6. The number of nitrogens with one attached hydrogen (secondary N) is 1. The molecule has 1 amide bonds. The van der Waals surface area contributed by atoms with Crippen molar-refractivity contribution in [3.63, 3.8) is 0 Å². The van der Waals surface area contributed by atoms with E-state index in [4.69, 9.17) is 9.47 Å². The van der Waals surface area contributed by atoms with Crippen LogP contribution in [0.15, 0.2) is 24.4 Å². The van der Waals surface area contributed by atoms with E-state index >= 15 is 0 Å². The second kappa shape index (κ2) is 6.33. The van der Waals surface area contributed by atoms with E-state index in [-0.39, 0.29) is 5.91 Å². The molecule has 118 valence electrons. The lowest BCUT2D eigenvalue weighted by Gasteiger charge is -2.13. The molecule has 7 heteroatoms. The van der Waals surface area contributed by atoms with E-state index in [9.17, 15) is 9.90 Å². The fraction of sp³-hybridized carbons (Fsp3) is 0.333. The van der Waals surface area contributed by atoms with Crippen molar-refractivity contribution >= 4 is 22.4 Å². The molecule has 6 nitrogen and oxygen atoms in total. The van der Waals surface area contributed by atoms with Crippen LogP contribution in [0.2, 0.25) is 0 Å². The standard InChI is InChI=1S/C15H18N2O4S/c1-15(2,19)12-8-16-14(22-12)17-13(18)10-6-5-9(20-3)7-11(10)21-4/h5-8,19H,1-4H3,(H,16,17,18). The van der Waals surface area contributed by atoms with Gasteiger partial charge in [-0.2, -0.15) is 0 Å². The second-order valence-corrected chi connectivity index (χ2v) is 6.14. The zero-order valence-electron chi connectivity index (χ0n) is 12.8. The molecule has 0 aliphatic carbocycles. The molecule has 0 saturated heterocycles. The summed E-state index contributed by atoms with van der Waals surface area (Å²) in [6.07, 6.45) is 1.55. The highest BCUT2D eigenvalue weighted by Crippen LogP contribution is 2.30. The van der Waals surface area contributed by atoms with Gasteiger partial charge in [0.25, 0.3) is 5.91 Å². The van der Waals surface area contributed by atoms with Crippen molar-refractivity contribution in [2.75, 3.05) is 19.5 Å². The first-order valence-corrected chi connectivity index (χ1v) is 7.39. The summed E-state index contributed by atoms with van der Waals surface area (Å²) < 4.78 is 10.3. The summed E-state index contributed by atoms with van der Waals surface area (Å²) in [5.74, 6) is 0.680. The largest absolute Gasteiger partial charge is 0.497 e. The van der Waals surface area contributed by atoms with Gasteiger partial charge in [0, 0.05) is 12.3 Å². The van der Waals surface area contributed by atoms with Gasteiger partial charge in [-0.25, -0.2) is 4.98 Å². The molecule has 0 fully saturated rings. The summed E-state index contributed by atoms with van der Waals surface area (Å²) in [6.45, 7) is 3.33. The number of thiazole rings is 1. The number of aliphatic hydroxyl groups is 1. The van der Waals surface area contributed by atoms with Crippen molar-refractivity contribution in [3.8, 4) is 11.5 Å². The van der Waals surface area contributed by atoms with Gasteiger partial charge in [-0.1, -0.05) is 11.3 Å². The number of aromatic nitrogens is 1. The minimum Gasteiger partial charge on any atom is -0.497 e. The molecule has 0 spiro atoms. The Bertz CT molecular complexity index is 676. The molecule has 0 atom stereocenters. The molecule has 0 bridgehead atoms. The van der Waals surface area contributed by atoms with Gasteiger partial charge in [0.05, 0.1) is 30.3 Å². The summed E-state index contributed by atoms with van der Waals surface area (Å²) in [5, 5.41) is 13.0. The van der Waals surface area contributed by atoms with Crippen molar-refractivity contribution in [1.82, 2.24) is 4.98 Å². The number of rotatable bonds is 5. The van der Waals surface area contributed by atoms with Crippen molar-refractivity contribution in [1.29, 1.82) is 0 Å². The van der Waals surface area contributed by atoms with E-state index in [0.29, 0.717) is 27.1 Å². The van der Waals surface area contributed by atoms with Gasteiger partial charge in [-0.15, -0.1) is 0 Å². The fourth-order valence-electron chi connectivity index (χ4n) is 1.77. The summed E-state index contributed by atoms with van der Waals surface area (Å²) in [7, 11) is 3.03. The number of nitrogens with zero attached hydrogens (tertiary/aromatic N) is 1. The number of amides is 1. The third-order valence-corrected chi connectivity index (χ3v) is 4.21. The first-order chi connectivity index (χ1) is 10.3. The molecule has 2 N–H and O–H groups in total. The van der Waals surface area contributed by atoms with Gasteiger partial charge in [0.15, 0.2) is 5.13 Å². The van der Waals surface area contributed by atoms with Gasteiger partial charge in [0.1, 0.15) is 11.5 Å². The summed E-state index contributed by atoms with van der Waals surface area (Å²) in [6, 6.07) is 4.94. The maximum Gasteiger partial charge on any atom is 0.261 e. The predicted molar refractivity (Wildman–Crippen MR) is 84.9 cm³/mol. The molecule has 2 aromatic rings. The third-order valence-electron chi connectivity index (χ3n) is 2.98. The monoisotopic (exact) mass is 322 g/mol. The topological polar surface area (TPSA) is 80.7 Å². The predicted octanol–water partition coefficient (Wildman–Crippen LogP) is 2.64. The van der Waals surface area contributed by atoms with E-state index in [0.717, 1.165) is 0 Å². The van der Waals surface area contributed by atoms with E-state index in [2.05, 4.69) is 10.3 Å². The first-order valence-electron chi connectivity index (χ1n) is 6.57. The van der Waals surface area contributed by atoms with Crippen LogP contribution in [0.3, 0.4) is 0 Å². The van der Waals surface area contributed by atoms with E-state index in [1.54, 1.807) is 45.4 Å². The fourth-order valence-corrected chi connectivity index (χ4v) is 2.58. The zero-order valence-corrected chi connectivity index (χ0v) is 13.7. The van der Waals surface area contributed by atoms with Crippen molar-refractivity contribution in [3.05, 3.63) is 34.8 Å². The number of carbonyl (C=O) groups excluding carboxylic acids is 1. The zero-order chi connectivity index (χ0) is 16.3. The smallest absolute Gasteiger partial charge is 0.261 e. The number of ether oxygens (including phenoxy) is 2. The van der Waals surface area contributed by atoms with Crippen LogP contribution >= 0.6 is 11.3 Å². The molecule has 2 rings (SSSR count). The SMILES string of the molecule is COc1ccc(C(=O)Nc2ncc(C(C)(C)O)s2)c(OC)c1. The van der Waals surface area contributed by atoms with Crippen molar-refractivity contribution < 1.29 is 19.4 Å². The Labute approximate surface area is 132 Å². The molecular weight excluding hydrogens is 304 g/mol. The average molecular weight is 322 g/mol. The van der Waals surface area contributed by atoms with Crippen LogP contribution in [0.1, 0.15) is 29.1 Å². The summed E-state index contributed by atoms with van der Waals surface area (Å²) in [4.78, 5) is 17.1. The third kappa shape index (κ3) is 3.55. The van der Waals surface area contributed by atoms with E-state index in [1.165, 1.54) is 18.4 Å². The minimum absolute atomic E-state index is 0.337. The maximum atomic E-state index is 12.3. The summed E-state index contributed by atoms with van der Waals surface area (Å²) in [5.41, 5.74) is -0.610. The first kappa shape index (κ1) is 16.3. The molecule has 0 aliphatic heterocycles. The number of methoxy groups -OCH3 is 2. The number of benzene rings is 1.